The second-order valence-corrected chi connectivity index (χ2v) is 6.66. The first kappa shape index (κ1) is 18.9. The molecule has 1 N–H and O–H groups in total. The maximum atomic E-state index is 12.3. The fourth-order valence-electron chi connectivity index (χ4n) is 3.13. The summed E-state index contributed by atoms with van der Waals surface area (Å²) in [6, 6.07) is 16.6. The molecule has 0 bridgehead atoms. The number of carbonyl (C=O) groups excluding carboxylic acids is 1. The highest BCUT2D eigenvalue weighted by atomic mass is 16.6. The Balaban J connectivity index is 1.48. The molecule has 2 aromatic rings. The first-order chi connectivity index (χ1) is 13.1. The van der Waals surface area contributed by atoms with Crippen molar-refractivity contribution in [3.05, 3.63) is 71.3 Å². The number of rotatable bonds is 5. The third-order valence-electron chi connectivity index (χ3n) is 4.66. The molecule has 1 amide bonds. The molecule has 142 valence electrons. The topological polar surface area (TPSA) is 70.1 Å². The standard InChI is InChI=1S/C21H24N2O4/c24-20(25)19-9-7-17(8-10-19)15-22-11-4-12-23(14-13-22)21(26)27-16-18-5-2-1-3-6-18/h1-3,5-10H,4,11-16H2,(H,24,25). The molecular weight excluding hydrogens is 344 g/mol. The van der Waals surface area contributed by atoms with Gasteiger partial charge in [0.1, 0.15) is 6.61 Å². The van der Waals surface area contributed by atoms with Crippen LogP contribution in [-0.2, 0) is 17.9 Å². The number of carboxylic acid groups (broad SMARTS) is 1. The first-order valence-electron chi connectivity index (χ1n) is 9.12. The van der Waals surface area contributed by atoms with Crippen LogP contribution in [0.25, 0.3) is 0 Å². The van der Waals surface area contributed by atoms with E-state index >= 15 is 0 Å². The summed E-state index contributed by atoms with van der Waals surface area (Å²) in [5.41, 5.74) is 2.34. The smallest absolute Gasteiger partial charge is 0.410 e. The zero-order chi connectivity index (χ0) is 19.1. The minimum atomic E-state index is -0.916. The van der Waals surface area contributed by atoms with E-state index in [1.807, 2.05) is 42.5 Å². The van der Waals surface area contributed by atoms with Crippen LogP contribution < -0.4 is 0 Å². The van der Waals surface area contributed by atoms with Crippen molar-refractivity contribution >= 4 is 12.1 Å². The zero-order valence-corrected chi connectivity index (χ0v) is 15.2. The number of benzene rings is 2. The SMILES string of the molecule is O=C(O)c1ccc(CN2CCCN(C(=O)OCc3ccccc3)CC2)cc1. The van der Waals surface area contributed by atoms with Crippen LogP contribution in [0.2, 0.25) is 0 Å². The van der Waals surface area contributed by atoms with Crippen molar-refractivity contribution in [2.45, 2.75) is 19.6 Å². The van der Waals surface area contributed by atoms with Gasteiger partial charge in [0.2, 0.25) is 0 Å². The Labute approximate surface area is 159 Å². The fourth-order valence-corrected chi connectivity index (χ4v) is 3.13. The third kappa shape index (κ3) is 5.56. The lowest BCUT2D eigenvalue weighted by Gasteiger charge is -2.21. The molecule has 3 rings (SSSR count). The second-order valence-electron chi connectivity index (χ2n) is 6.66. The molecule has 27 heavy (non-hydrogen) atoms. The third-order valence-corrected chi connectivity index (χ3v) is 4.66. The Bertz CT molecular complexity index is 762. The summed E-state index contributed by atoms with van der Waals surface area (Å²) in [6.07, 6.45) is 0.611. The highest BCUT2D eigenvalue weighted by Crippen LogP contribution is 2.12. The van der Waals surface area contributed by atoms with Gasteiger partial charge < -0.3 is 14.7 Å². The monoisotopic (exact) mass is 368 g/mol. The van der Waals surface area contributed by atoms with Crippen LogP contribution in [0.1, 0.15) is 27.9 Å². The van der Waals surface area contributed by atoms with E-state index < -0.39 is 5.97 Å². The van der Waals surface area contributed by atoms with Crippen LogP contribution in [-0.4, -0.2) is 53.1 Å². The van der Waals surface area contributed by atoms with Gasteiger partial charge in [0.25, 0.3) is 0 Å². The lowest BCUT2D eigenvalue weighted by Crippen LogP contribution is -2.35. The number of carboxylic acids is 1. The van der Waals surface area contributed by atoms with E-state index in [0.717, 1.165) is 37.2 Å². The number of aromatic carboxylic acids is 1. The Kier molecular flexibility index (Phi) is 6.44. The molecule has 6 nitrogen and oxygen atoms in total. The number of hydrogen-bond donors (Lipinski definition) is 1. The lowest BCUT2D eigenvalue weighted by molar-refractivity contribution is 0.0696. The maximum absolute atomic E-state index is 12.3. The van der Waals surface area contributed by atoms with Gasteiger partial charge in [-0.15, -0.1) is 0 Å². The van der Waals surface area contributed by atoms with Crippen molar-refractivity contribution < 1.29 is 19.4 Å². The number of hydrogen-bond acceptors (Lipinski definition) is 4. The molecule has 6 heteroatoms. The fraction of sp³-hybridized carbons (Fsp3) is 0.333. The predicted octanol–water partition coefficient (Wildman–Crippen LogP) is 3.23. The average Bonchev–Trinajstić information content (AvgIpc) is 2.93. The number of ether oxygens (including phenoxy) is 1. The van der Waals surface area contributed by atoms with Gasteiger partial charge in [0, 0.05) is 32.7 Å². The van der Waals surface area contributed by atoms with Gasteiger partial charge in [-0.05, 0) is 29.7 Å². The highest BCUT2D eigenvalue weighted by Gasteiger charge is 2.20. The molecule has 0 aromatic heterocycles. The normalized spacial score (nSPS) is 15.2. The largest absolute Gasteiger partial charge is 0.478 e. The molecule has 0 atom stereocenters. The number of amides is 1. The molecule has 0 aliphatic carbocycles. The molecule has 0 saturated carbocycles. The Morgan fingerprint density at radius 2 is 1.63 bits per heavy atom. The molecule has 2 aromatic carbocycles. The summed E-state index contributed by atoms with van der Waals surface area (Å²) < 4.78 is 5.43. The van der Waals surface area contributed by atoms with E-state index in [4.69, 9.17) is 9.84 Å². The van der Waals surface area contributed by atoms with Crippen molar-refractivity contribution in [2.75, 3.05) is 26.2 Å². The van der Waals surface area contributed by atoms with Gasteiger partial charge in [-0.2, -0.15) is 0 Å². The van der Waals surface area contributed by atoms with Crippen molar-refractivity contribution in [1.82, 2.24) is 9.80 Å². The highest BCUT2D eigenvalue weighted by molar-refractivity contribution is 5.87. The van der Waals surface area contributed by atoms with Gasteiger partial charge in [0.05, 0.1) is 5.56 Å². The molecule has 0 spiro atoms. The van der Waals surface area contributed by atoms with Crippen molar-refractivity contribution in [3.8, 4) is 0 Å². The first-order valence-corrected chi connectivity index (χ1v) is 9.12. The molecule has 0 unspecified atom stereocenters. The summed E-state index contributed by atoms with van der Waals surface area (Å²) in [5, 5.41) is 8.97. The summed E-state index contributed by atoms with van der Waals surface area (Å²) in [4.78, 5) is 27.3. The molecule has 1 aliphatic heterocycles. The van der Waals surface area contributed by atoms with E-state index in [2.05, 4.69) is 4.90 Å². The van der Waals surface area contributed by atoms with E-state index in [0.29, 0.717) is 18.7 Å². The molecule has 1 saturated heterocycles. The Hall–Kier alpha value is -2.86. The Morgan fingerprint density at radius 1 is 0.889 bits per heavy atom. The van der Waals surface area contributed by atoms with Crippen LogP contribution in [0.4, 0.5) is 4.79 Å². The quantitative estimate of drug-likeness (QED) is 0.877. The van der Waals surface area contributed by atoms with Crippen LogP contribution in [0.5, 0.6) is 0 Å². The molecular formula is C21H24N2O4. The lowest BCUT2D eigenvalue weighted by atomic mass is 10.1. The van der Waals surface area contributed by atoms with E-state index in [1.165, 1.54) is 0 Å². The van der Waals surface area contributed by atoms with Gasteiger partial charge in [-0.3, -0.25) is 4.90 Å². The molecule has 1 aliphatic rings. The Morgan fingerprint density at radius 3 is 2.33 bits per heavy atom. The average molecular weight is 368 g/mol. The van der Waals surface area contributed by atoms with Gasteiger partial charge >= 0.3 is 12.1 Å². The molecule has 1 heterocycles. The van der Waals surface area contributed by atoms with Crippen LogP contribution in [0.15, 0.2) is 54.6 Å². The summed E-state index contributed by atoms with van der Waals surface area (Å²) in [5.74, 6) is -0.916. The van der Waals surface area contributed by atoms with Gasteiger partial charge in [0.15, 0.2) is 0 Å². The van der Waals surface area contributed by atoms with E-state index in [1.54, 1.807) is 17.0 Å². The van der Waals surface area contributed by atoms with E-state index in [-0.39, 0.29) is 12.7 Å². The van der Waals surface area contributed by atoms with Gasteiger partial charge in [-0.25, -0.2) is 9.59 Å². The van der Waals surface area contributed by atoms with Gasteiger partial charge in [-0.1, -0.05) is 42.5 Å². The van der Waals surface area contributed by atoms with Crippen LogP contribution in [0, 0.1) is 0 Å². The second kappa shape index (κ2) is 9.19. The molecule has 0 radical (unpaired) electrons. The summed E-state index contributed by atoms with van der Waals surface area (Å²) >= 11 is 0. The predicted molar refractivity (Wildman–Crippen MR) is 101 cm³/mol. The molecule has 1 fully saturated rings. The maximum Gasteiger partial charge on any atom is 0.410 e. The minimum Gasteiger partial charge on any atom is -0.478 e. The van der Waals surface area contributed by atoms with Crippen LogP contribution >= 0.6 is 0 Å². The number of carbonyl (C=O) groups is 2. The van der Waals surface area contributed by atoms with Crippen LogP contribution in [0.3, 0.4) is 0 Å². The summed E-state index contributed by atoms with van der Waals surface area (Å²) in [6.45, 7) is 4.00. The summed E-state index contributed by atoms with van der Waals surface area (Å²) in [7, 11) is 0. The minimum absolute atomic E-state index is 0.272. The number of nitrogens with zero attached hydrogens (tertiary/aromatic N) is 2. The van der Waals surface area contributed by atoms with Crippen molar-refractivity contribution in [3.63, 3.8) is 0 Å². The van der Waals surface area contributed by atoms with Crippen molar-refractivity contribution in [2.24, 2.45) is 0 Å². The van der Waals surface area contributed by atoms with Crippen molar-refractivity contribution in [1.29, 1.82) is 0 Å². The van der Waals surface area contributed by atoms with E-state index in [9.17, 15) is 9.59 Å². The zero-order valence-electron chi connectivity index (χ0n) is 15.2.